The number of likely N-dealkylation sites (N-methyl/N-ethyl adjacent to an activating group) is 1. The Morgan fingerprint density at radius 3 is 2.50 bits per heavy atom. The maximum Gasteiger partial charge on any atom is 0.236 e. The van der Waals surface area contributed by atoms with Crippen LogP contribution >= 0.6 is 0 Å². The van der Waals surface area contributed by atoms with E-state index in [0.29, 0.717) is 6.54 Å². The maximum atomic E-state index is 11.3. The third-order valence-corrected chi connectivity index (χ3v) is 2.01. The summed E-state index contributed by atoms with van der Waals surface area (Å²) in [4.78, 5) is 15.0. The molecule has 0 N–H and O–H groups in total. The second kappa shape index (κ2) is 4.42. The number of amides is 1. The van der Waals surface area contributed by atoms with Gasteiger partial charge in [-0.3, -0.25) is 9.69 Å². The second-order valence-corrected chi connectivity index (χ2v) is 3.24. The van der Waals surface area contributed by atoms with Crippen molar-refractivity contribution in [3.63, 3.8) is 0 Å². The van der Waals surface area contributed by atoms with Gasteiger partial charge in [0.05, 0.1) is 6.54 Å². The first-order chi connectivity index (χ1) is 5.70. The molecule has 0 aromatic heterocycles. The predicted molar refractivity (Wildman–Crippen MR) is 47.0 cm³/mol. The van der Waals surface area contributed by atoms with E-state index in [1.54, 1.807) is 19.0 Å². The fourth-order valence-electron chi connectivity index (χ4n) is 1.14. The van der Waals surface area contributed by atoms with Crippen LogP contribution in [0.15, 0.2) is 0 Å². The number of hydrogen-bond donors (Lipinski definition) is 0. The zero-order valence-electron chi connectivity index (χ0n) is 7.79. The number of rotatable bonds is 2. The lowest BCUT2D eigenvalue weighted by Gasteiger charge is -2.26. The van der Waals surface area contributed by atoms with Gasteiger partial charge in [-0.1, -0.05) is 0 Å². The molecule has 12 heavy (non-hydrogen) atoms. The molecule has 1 amide bonds. The third kappa shape index (κ3) is 2.79. The zero-order valence-corrected chi connectivity index (χ0v) is 7.79. The van der Waals surface area contributed by atoms with Crippen LogP contribution in [-0.4, -0.2) is 62.5 Å². The van der Waals surface area contributed by atoms with E-state index in [1.165, 1.54) is 0 Å². The van der Waals surface area contributed by atoms with E-state index in [4.69, 9.17) is 0 Å². The van der Waals surface area contributed by atoms with E-state index < -0.39 is 0 Å². The van der Waals surface area contributed by atoms with Crippen LogP contribution in [0, 0.1) is 0 Å². The van der Waals surface area contributed by atoms with Crippen LogP contribution in [0.2, 0.25) is 0 Å². The molecule has 0 bridgehead atoms. The van der Waals surface area contributed by atoms with E-state index >= 15 is 0 Å². The van der Waals surface area contributed by atoms with Gasteiger partial charge in [-0.15, -0.1) is 0 Å². The van der Waals surface area contributed by atoms with Crippen LogP contribution in [0.25, 0.3) is 0 Å². The minimum atomic E-state index is 0.178. The van der Waals surface area contributed by atoms with Gasteiger partial charge in [-0.2, -0.15) is 0 Å². The second-order valence-electron chi connectivity index (χ2n) is 3.24. The Bertz CT molecular complexity index is 152. The van der Waals surface area contributed by atoms with Crippen molar-refractivity contribution < 1.29 is 4.79 Å². The summed E-state index contributed by atoms with van der Waals surface area (Å²) in [6, 6.07) is 0. The van der Waals surface area contributed by atoms with Gasteiger partial charge in [-0.25, -0.2) is 5.32 Å². The highest BCUT2D eigenvalue weighted by Gasteiger charge is 2.14. The Kier molecular flexibility index (Phi) is 3.49. The van der Waals surface area contributed by atoms with Gasteiger partial charge in [0, 0.05) is 40.3 Å². The molecule has 4 nitrogen and oxygen atoms in total. The Morgan fingerprint density at radius 1 is 1.42 bits per heavy atom. The molecule has 4 heteroatoms. The maximum absolute atomic E-state index is 11.3. The molecule has 0 aromatic rings. The Morgan fingerprint density at radius 2 is 2.00 bits per heavy atom. The van der Waals surface area contributed by atoms with Gasteiger partial charge in [0.2, 0.25) is 5.91 Å². The van der Waals surface area contributed by atoms with Crippen molar-refractivity contribution in [2.45, 2.75) is 0 Å². The van der Waals surface area contributed by atoms with Crippen molar-refractivity contribution in [2.75, 3.05) is 46.8 Å². The van der Waals surface area contributed by atoms with Crippen molar-refractivity contribution in [3.8, 4) is 0 Å². The number of carbonyl (C=O) groups is 1. The summed E-state index contributed by atoms with van der Waals surface area (Å²) in [5.74, 6) is 0.178. The summed E-state index contributed by atoms with van der Waals surface area (Å²) < 4.78 is 0. The Hall–Kier alpha value is -0.610. The smallest absolute Gasteiger partial charge is 0.236 e. The van der Waals surface area contributed by atoms with Gasteiger partial charge in [0.25, 0.3) is 0 Å². The molecule has 69 valence electrons. The molecule has 0 aliphatic carbocycles. The number of piperazine rings is 1. The summed E-state index contributed by atoms with van der Waals surface area (Å²) >= 11 is 0. The van der Waals surface area contributed by atoms with Gasteiger partial charge < -0.3 is 4.90 Å². The highest BCUT2D eigenvalue weighted by Crippen LogP contribution is 1.93. The molecule has 0 aromatic carbocycles. The molecule has 0 unspecified atom stereocenters. The van der Waals surface area contributed by atoms with Crippen LogP contribution < -0.4 is 5.32 Å². The highest BCUT2D eigenvalue weighted by atomic mass is 16.2. The fourth-order valence-corrected chi connectivity index (χ4v) is 1.14. The molecule has 1 fully saturated rings. The van der Waals surface area contributed by atoms with E-state index in [-0.39, 0.29) is 5.91 Å². The topological polar surface area (TPSA) is 37.7 Å². The van der Waals surface area contributed by atoms with E-state index in [9.17, 15) is 4.79 Å². The molecular weight excluding hydrogens is 154 g/mol. The summed E-state index contributed by atoms with van der Waals surface area (Å²) in [7, 11) is 3.58. The first-order valence-electron chi connectivity index (χ1n) is 4.26. The zero-order chi connectivity index (χ0) is 8.97. The van der Waals surface area contributed by atoms with Crippen molar-refractivity contribution in [1.82, 2.24) is 15.1 Å². The first-order valence-corrected chi connectivity index (χ1v) is 4.26. The van der Waals surface area contributed by atoms with E-state index in [2.05, 4.69) is 10.2 Å². The summed E-state index contributed by atoms with van der Waals surface area (Å²) in [5, 5.41) is 4.21. The lowest BCUT2D eigenvalue weighted by molar-refractivity contribution is -0.130. The average molecular weight is 170 g/mol. The molecule has 1 aliphatic rings. The number of nitrogens with zero attached hydrogens (tertiary/aromatic N) is 3. The highest BCUT2D eigenvalue weighted by molar-refractivity contribution is 5.77. The van der Waals surface area contributed by atoms with Gasteiger partial charge >= 0.3 is 0 Å². The predicted octanol–water partition coefficient (Wildman–Crippen LogP) is -1.01. The van der Waals surface area contributed by atoms with Gasteiger partial charge in [-0.05, 0) is 0 Å². The summed E-state index contributed by atoms with van der Waals surface area (Å²) in [5.41, 5.74) is 0. The van der Waals surface area contributed by atoms with Crippen molar-refractivity contribution in [2.24, 2.45) is 0 Å². The quantitative estimate of drug-likeness (QED) is 0.533. The SMILES string of the molecule is CN(C)C(=O)CN1CC[N]CC1. The minimum Gasteiger partial charge on any atom is -0.348 e. The van der Waals surface area contributed by atoms with Crippen molar-refractivity contribution >= 4 is 5.91 Å². The van der Waals surface area contributed by atoms with Crippen molar-refractivity contribution in [1.29, 1.82) is 0 Å². The summed E-state index contributed by atoms with van der Waals surface area (Å²) in [6.07, 6.45) is 0. The largest absolute Gasteiger partial charge is 0.348 e. The van der Waals surface area contributed by atoms with Crippen LogP contribution in [0.5, 0.6) is 0 Å². The van der Waals surface area contributed by atoms with Crippen LogP contribution in [-0.2, 0) is 4.79 Å². The molecule has 1 saturated heterocycles. The van der Waals surface area contributed by atoms with Crippen LogP contribution in [0.4, 0.5) is 0 Å². The average Bonchev–Trinajstić information content (AvgIpc) is 2.06. The van der Waals surface area contributed by atoms with E-state index in [0.717, 1.165) is 26.2 Å². The van der Waals surface area contributed by atoms with Crippen molar-refractivity contribution in [3.05, 3.63) is 0 Å². The molecule has 0 saturated carbocycles. The number of carbonyl (C=O) groups excluding carboxylic acids is 1. The van der Waals surface area contributed by atoms with E-state index in [1.807, 2.05) is 0 Å². The van der Waals surface area contributed by atoms with Gasteiger partial charge in [0.1, 0.15) is 0 Å². The van der Waals surface area contributed by atoms with Gasteiger partial charge in [0.15, 0.2) is 0 Å². The normalized spacial score (nSPS) is 19.2. The lowest BCUT2D eigenvalue weighted by Crippen LogP contribution is -2.45. The summed E-state index contributed by atoms with van der Waals surface area (Å²) in [6.45, 7) is 4.16. The molecule has 0 atom stereocenters. The molecule has 1 aliphatic heterocycles. The fraction of sp³-hybridized carbons (Fsp3) is 0.875. The Labute approximate surface area is 73.5 Å². The minimum absolute atomic E-state index is 0.178. The molecule has 1 radical (unpaired) electrons. The standard InChI is InChI=1S/C8H16N3O/c1-10(2)8(12)7-11-5-3-9-4-6-11/h3-7H2,1-2H3. The number of hydrogen-bond acceptors (Lipinski definition) is 2. The molecule has 1 heterocycles. The van der Waals surface area contributed by atoms with Crippen LogP contribution in [0.3, 0.4) is 0 Å². The monoisotopic (exact) mass is 170 g/mol. The first kappa shape index (κ1) is 9.48. The Balaban J connectivity index is 2.24. The third-order valence-electron chi connectivity index (χ3n) is 2.01. The molecular formula is C8H16N3O. The molecule has 1 rings (SSSR count). The lowest BCUT2D eigenvalue weighted by atomic mass is 10.3. The van der Waals surface area contributed by atoms with Crippen LogP contribution in [0.1, 0.15) is 0 Å². The molecule has 0 spiro atoms.